The van der Waals surface area contributed by atoms with Crippen LogP contribution in [0.4, 0.5) is 0 Å². The molecule has 0 saturated heterocycles. The Morgan fingerprint density at radius 1 is 0.838 bits per heavy atom. The standard InChI is InChI=1S/C30H32O7/c1-14(2)7-9-17-26(33)18(10-8-15(3)4)29-25(27(17)34)28(35)24-23(11-16(5)6)36-22-13-21(32)20(31)12-19(22)30(24)37-29/h7-8,11-13,23,31-34H,9-10H2,1-6H3/t23-/m0/s1. The third kappa shape index (κ3) is 4.69. The molecular formula is C30H32O7. The topological polar surface area (TPSA) is 120 Å². The Hall–Kier alpha value is -4.13. The molecule has 0 bridgehead atoms. The molecule has 0 aliphatic carbocycles. The Labute approximate surface area is 215 Å². The Morgan fingerprint density at radius 2 is 1.43 bits per heavy atom. The maximum Gasteiger partial charge on any atom is 0.204 e. The minimum atomic E-state index is -0.854. The van der Waals surface area contributed by atoms with E-state index in [0.717, 1.165) is 16.7 Å². The molecule has 0 amide bonds. The van der Waals surface area contributed by atoms with Gasteiger partial charge in [-0.1, -0.05) is 28.9 Å². The molecule has 2 heterocycles. The van der Waals surface area contributed by atoms with Gasteiger partial charge in [0, 0.05) is 17.2 Å². The molecule has 0 radical (unpaired) electrons. The highest BCUT2D eigenvalue weighted by molar-refractivity contribution is 5.93. The fraction of sp³-hybridized carbons (Fsp3) is 0.300. The first kappa shape index (κ1) is 25.9. The van der Waals surface area contributed by atoms with Crippen molar-refractivity contribution >= 4 is 11.0 Å². The summed E-state index contributed by atoms with van der Waals surface area (Å²) >= 11 is 0. The van der Waals surface area contributed by atoms with Gasteiger partial charge in [0.05, 0.1) is 11.1 Å². The van der Waals surface area contributed by atoms with E-state index in [9.17, 15) is 25.2 Å². The summed E-state index contributed by atoms with van der Waals surface area (Å²) in [5.74, 6) is -0.866. The van der Waals surface area contributed by atoms with E-state index in [2.05, 4.69) is 0 Å². The predicted octanol–water partition coefficient (Wildman–Crippen LogP) is 6.70. The van der Waals surface area contributed by atoms with Gasteiger partial charge in [-0.15, -0.1) is 0 Å². The Morgan fingerprint density at radius 3 is 2.03 bits per heavy atom. The van der Waals surface area contributed by atoms with Gasteiger partial charge in [0.25, 0.3) is 0 Å². The van der Waals surface area contributed by atoms with Crippen LogP contribution in [-0.4, -0.2) is 20.4 Å². The number of phenolic OH excluding ortho intramolecular Hbond substituents is 4. The van der Waals surface area contributed by atoms with Crippen LogP contribution < -0.4 is 10.2 Å². The summed E-state index contributed by atoms with van der Waals surface area (Å²) in [7, 11) is 0. The van der Waals surface area contributed by atoms with Crippen molar-refractivity contribution in [3.8, 4) is 40.1 Å². The second kappa shape index (κ2) is 9.73. The highest BCUT2D eigenvalue weighted by Gasteiger charge is 2.34. The molecule has 0 unspecified atom stereocenters. The normalized spacial score (nSPS) is 13.8. The smallest absolute Gasteiger partial charge is 0.204 e. The molecule has 1 atom stereocenters. The van der Waals surface area contributed by atoms with Gasteiger partial charge in [-0.2, -0.15) is 0 Å². The average Bonchev–Trinajstić information content (AvgIpc) is 2.79. The molecule has 4 N–H and O–H groups in total. The molecular weight excluding hydrogens is 472 g/mol. The Balaban J connectivity index is 2.18. The van der Waals surface area contributed by atoms with E-state index in [4.69, 9.17) is 9.15 Å². The van der Waals surface area contributed by atoms with Crippen molar-refractivity contribution in [1.29, 1.82) is 0 Å². The van der Waals surface area contributed by atoms with Crippen molar-refractivity contribution in [1.82, 2.24) is 0 Å². The third-order valence-corrected chi connectivity index (χ3v) is 6.29. The first-order chi connectivity index (χ1) is 17.4. The number of benzene rings is 2. The van der Waals surface area contributed by atoms with Gasteiger partial charge >= 0.3 is 0 Å². The molecule has 4 rings (SSSR count). The van der Waals surface area contributed by atoms with Crippen LogP contribution in [-0.2, 0) is 12.8 Å². The van der Waals surface area contributed by atoms with Crippen LogP contribution in [0.25, 0.3) is 22.3 Å². The second-order valence-electron chi connectivity index (χ2n) is 10.1. The lowest BCUT2D eigenvalue weighted by atomic mass is 9.92. The zero-order chi connectivity index (χ0) is 27.2. The minimum absolute atomic E-state index is 0.0342. The van der Waals surface area contributed by atoms with E-state index in [1.54, 1.807) is 6.08 Å². The molecule has 37 heavy (non-hydrogen) atoms. The van der Waals surface area contributed by atoms with E-state index in [0.29, 0.717) is 5.56 Å². The van der Waals surface area contributed by atoms with Crippen LogP contribution in [0.5, 0.6) is 28.7 Å². The highest BCUT2D eigenvalue weighted by atomic mass is 16.5. The summed E-state index contributed by atoms with van der Waals surface area (Å²) in [6.07, 6.45) is 5.18. The molecule has 0 saturated carbocycles. The third-order valence-electron chi connectivity index (χ3n) is 6.29. The van der Waals surface area contributed by atoms with Crippen molar-refractivity contribution in [2.75, 3.05) is 0 Å². The number of rotatable bonds is 5. The lowest BCUT2D eigenvalue weighted by molar-refractivity contribution is 0.243. The van der Waals surface area contributed by atoms with Crippen molar-refractivity contribution in [3.05, 3.63) is 74.0 Å². The largest absolute Gasteiger partial charge is 0.507 e. The van der Waals surface area contributed by atoms with E-state index in [1.807, 2.05) is 53.7 Å². The quantitative estimate of drug-likeness (QED) is 0.225. The lowest BCUT2D eigenvalue weighted by Gasteiger charge is -2.27. The summed E-state index contributed by atoms with van der Waals surface area (Å²) in [6.45, 7) is 11.4. The maximum atomic E-state index is 14.1. The Bertz CT molecular complexity index is 1560. The minimum Gasteiger partial charge on any atom is -0.507 e. The van der Waals surface area contributed by atoms with Gasteiger partial charge in [-0.25, -0.2) is 0 Å². The van der Waals surface area contributed by atoms with Crippen LogP contribution in [0.2, 0.25) is 0 Å². The van der Waals surface area contributed by atoms with Gasteiger partial charge in [-0.3, -0.25) is 4.79 Å². The number of allylic oxidation sites excluding steroid dienone is 5. The Kier molecular flexibility index (Phi) is 6.82. The molecule has 1 aliphatic rings. The maximum absolute atomic E-state index is 14.1. The van der Waals surface area contributed by atoms with Crippen LogP contribution in [0.15, 0.2) is 56.3 Å². The summed E-state index contributed by atoms with van der Waals surface area (Å²) in [5.41, 5.74) is 3.52. The van der Waals surface area contributed by atoms with Gasteiger partial charge in [-0.05, 0) is 66.5 Å². The molecule has 7 heteroatoms. The zero-order valence-corrected chi connectivity index (χ0v) is 21.9. The van der Waals surface area contributed by atoms with Crippen LogP contribution >= 0.6 is 0 Å². The van der Waals surface area contributed by atoms with Crippen LogP contribution in [0.3, 0.4) is 0 Å². The van der Waals surface area contributed by atoms with Gasteiger partial charge in [0.15, 0.2) is 11.5 Å². The van der Waals surface area contributed by atoms with E-state index >= 15 is 0 Å². The van der Waals surface area contributed by atoms with E-state index < -0.39 is 17.3 Å². The predicted molar refractivity (Wildman–Crippen MR) is 144 cm³/mol. The van der Waals surface area contributed by atoms with E-state index in [-0.39, 0.29) is 69.3 Å². The SMILES string of the molecule is CC(C)=CCc1c(O)c(CC=C(C)C)c2oc3c(c(=O)c2c1O)[C@H](C=C(C)C)Oc1cc(O)c(O)cc1-3. The molecule has 1 aliphatic heterocycles. The first-order valence-electron chi connectivity index (χ1n) is 12.1. The fourth-order valence-electron chi connectivity index (χ4n) is 4.43. The van der Waals surface area contributed by atoms with Crippen molar-refractivity contribution in [2.45, 2.75) is 60.5 Å². The van der Waals surface area contributed by atoms with Crippen LogP contribution in [0, 0.1) is 0 Å². The molecule has 194 valence electrons. The molecule has 7 nitrogen and oxygen atoms in total. The molecule has 1 aromatic heterocycles. The summed E-state index contributed by atoms with van der Waals surface area (Å²) in [5, 5.41) is 42.7. The number of phenols is 4. The first-order valence-corrected chi connectivity index (χ1v) is 12.1. The highest BCUT2D eigenvalue weighted by Crippen LogP contribution is 2.49. The second-order valence-corrected chi connectivity index (χ2v) is 10.1. The summed E-state index contributed by atoms with van der Waals surface area (Å²) in [6, 6.07) is 2.54. The van der Waals surface area contributed by atoms with Crippen molar-refractivity contribution in [3.63, 3.8) is 0 Å². The summed E-state index contributed by atoms with van der Waals surface area (Å²) < 4.78 is 12.4. The van der Waals surface area contributed by atoms with Crippen molar-refractivity contribution < 1.29 is 29.6 Å². The molecule has 0 spiro atoms. The average molecular weight is 505 g/mol. The number of hydrogen-bond acceptors (Lipinski definition) is 7. The van der Waals surface area contributed by atoms with Gasteiger partial charge in [0.2, 0.25) is 5.43 Å². The van der Waals surface area contributed by atoms with Crippen molar-refractivity contribution in [2.24, 2.45) is 0 Å². The van der Waals surface area contributed by atoms with Crippen LogP contribution in [0.1, 0.15) is 64.3 Å². The zero-order valence-electron chi connectivity index (χ0n) is 21.9. The van der Waals surface area contributed by atoms with E-state index in [1.165, 1.54) is 12.1 Å². The number of aromatic hydroxyl groups is 4. The number of ether oxygens (including phenoxy) is 1. The number of fused-ring (bicyclic) bond motifs is 4. The molecule has 3 aromatic rings. The lowest BCUT2D eigenvalue weighted by Crippen LogP contribution is -2.22. The monoisotopic (exact) mass is 504 g/mol. The van der Waals surface area contributed by atoms with Gasteiger partial charge < -0.3 is 29.6 Å². The number of hydrogen-bond donors (Lipinski definition) is 4. The fourth-order valence-corrected chi connectivity index (χ4v) is 4.43. The molecule has 0 fully saturated rings. The molecule has 2 aromatic carbocycles. The van der Waals surface area contributed by atoms with Gasteiger partial charge in [0.1, 0.15) is 40.1 Å². The summed E-state index contributed by atoms with van der Waals surface area (Å²) in [4.78, 5) is 14.1.